The summed E-state index contributed by atoms with van der Waals surface area (Å²) >= 11 is 7.49. The predicted molar refractivity (Wildman–Crippen MR) is 70.6 cm³/mol. The zero-order valence-corrected chi connectivity index (χ0v) is 10.8. The predicted octanol–water partition coefficient (Wildman–Crippen LogP) is 2.59. The van der Waals surface area contributed by atoms with E-state index in [1.54, 1.807) is 12.1 Å². The smallest absolute Gasteiger partial charge is 0.268 e. The van der Waals surface area contributed by atoms with Crippen LogP contribution in [0, 0.1) is 11.3 Å². The number of hydrogen-bond acceptors (Lipinski definition) is 4. The van der Waals surface area contributed by atoms with Gasteiger partial charge >= 0.3 is 0 Å². The summed E-state index contributed by atoms with van der Waals surface area (Å²) in [6, 6.07) is 9.22. The molecule has 0 aliphatic rings. The maximum Gasteiger partial charge on any atom is 0.268 e. The summed E-state index contributed by atoms with van der Waals surface area (Å²) in [5.74, 6) is 1.01. The molecule has 0 bridgehead atoms. The third-order valence-corrected chi connectivity index (χ3v) is 3.70. The van der Waals surface area contributed by atoms with E-state index in [1.807, 2.05) is 18.2 Å². The molecule has 90 valence electrons. The average molecular weight is 278 g/mol. The fourth-order valence-corrected chi connectivity index (χ4v) is 2.41. The molecule has 2 aromatic rings. The van der Waals surface area contributed by atoms with Crippen molar-refractivity contribution in [2.24, 2.45) is 0 Å². The van der Waals surface area contributed by atoms with Crippen LogP contribution in [0.4, 0.5) is 0 Å². The average Bonchev–Trinajstić information content (AvgIpc) is 2.38. The van der Waals surface area contributed by atoms with Crippen molar-refractivity contribution in [1.82, 2.24) is 9.97 Å². The maximum atomic E-state index is 11.4. The zero-order valence-electron chi connectivity index (χ0n) is 9.18. The summed E-state index contributed by atoms with van der Waals surface area (Å²) in [4.78, 5) is 18.9. The Labute approximate surface area is 113 Å². The second-order valence-corrected chi connectivity index (χ2v) is 4.83. The van der Waals surface area contributed by atoms with Crippen LogP contribution >= 0.6 is 23.4 Å². The molecule has 0 radical (unpaired) electrons. The lowest BCUT2D eigenvalue weighted by Gasteiger charge is -2.03. The third kappa shape index (κ3) is 2.92. The summed E-state index contributed by atoms with van der Waals surface area (Å²) in [5, 5.41) is 9.29. The molecule has 0 aliphatic carbocycles. The van der Waals surface area contributed by atoms with Gasteiger partial charge in [-0.2, -0.15) is 5.26 Å². The molecular weight excluding hydrogens is 270 g/mol. The number of nitriles is 1. The van der Waals surface area contributed by atoms with Crippen LogP contribution in [-0.2, 0) is 5.75 Å². The fraction of sp³-hybridized carbons (Fsp3) is 0.0833. The summed E-state index contributed by atoms with van der Waals surface area (Å²) in [6.07, 6.45) is 1.28. The first-order chi connectivity index (χ1) is 8.70. The van der Waals surface area contributed by atoms with Crippen LogP contribution in [0.5, 0.6) is 0 Å². The molecule has 18 heavy (non-hydrogen) atoms. The first-order valence-corrected chi connectivity index (χ1v) is 6.42. The lowest BCUT2D eigenvalue weighted by atomic mass is 10.4. The van der Waals surface area contributed by atoms with Gasteiger partial charge in [0.25, 0.3) is 5.56 Å². The molecule has 0 atom stereocenters. The fourth-order valence-electron chi connectivity index (χ4n) is 1.29. The van der Waals surface area contributed by atoms with Crippen molar-refractivity contribution in [3.8, 4) is 6.07 Å². The number of aromatic nitrogens is 2. The Morgan fingerprint density at radius 1 is 1.44 bits per heavy atom. The lowest BCUT2D eigenvalue weighted by Crippen LogP contribution is -2.13. The maximum absolute atomic E-state index is 11.4. The lowest BCUT2D eigenvalue weighted by molar-refractivity contribution is 0.992. The molecule has 6 heteroatoms. The van der Waals surface area contributed by atoms with E-state index in [9.17, 15) is 4.79 Å². The monoisotopic (exact) mass is 277 g/mol. The second kappa shape index (κ2) is 5.71. The van der Waals surface area contributed by atoms with Crippen molar-refractivity contribution in [2.75, 3.05) is 0 Å². The number of halogens is 1. The van der Waals surface area contributed by atoms with Gasteiger partial charge in [-0.15, -0.1) is 11.8 Å². The van der Waals surface area contributed by atoms with Gasteiger partial charge in [0, 0.05) is 4.90 Å². The van der Waals surface area contributed by atoms with E-state index in [0.717, 1.165) is 4.90 Å². The zero-order chi connectivity index (χ0) is 13.0. The van der Waals surface area contributed by atoms with Crippen LogP contribution < -0.4 is 5.56 Å². The Bertz CT molecular complexity index is 663. The molecule has 0 fully saturated rings. The Hall–Kier alpha value is -1.77. The van der Waals surface area contributed by atoms with E-state index in [1.165, 1.54) is 18.0 Å². The number of thioether (sulfide) groups is 1. The van der Waals surface area contributed by atoms with E-state index in [0.29, 0.717) is 16.6 Å². The molecule has 0 saturated carbocycles. The Balaban J connectivity index is 2.12. The first-order valence-electron chi connectivity index (χ1n) is 5.06. The molecule has 1 N–H and O–H groups in total. The Morgan fingerprint density at radius 2 is 2.22 bits per heavy atom. The van der Waals surface area contributed by atoms with Gasteiger partial charge in [0.15, 0.2) is 0 Å². The van der Waals surface area contributed by atoms with Gasteiger partial charge in [-0.25, -0.2) is 4.98 Å². The molecule has 0 aliphatic heterocycles. The summed E-state index contributed by atoms with van der Waals surface area (Å²) < 4.78 is 0. The summed E-state index contributed by atoms with van der Waals surface area (Å²) in [5.41, 5.74) is -0.399. The van der Waals surface area contributed by atoms with Crippen LogP contribution in [0.15, 0.2) is 40.2 Å². The van der Waals surface area contributed by atoms with Gasteiger partial charge < -0.3 is 4.98 Å². The van der Waals surface area contributed by atoms with Gasteiger partial charge in [0.05, 0.1) is 17.0 Å². The standard InChI is InChI=1S/C12H8ClN3OS/c13-9-3-1-2-4-10(9)18-7-11-15-6-8(5-14)12(17)16-11/h1-4,6H,7H2,(H,15,16,17). The molecule has 0 spiro atoms. The minimum atomic E-state index is -0.415. The highest BCUT2D eigenvalue weighted by Gasteiger charge is 2.04. The van der Waals surface area contributed by atoms with E-state index in [2.05, 4.69) is 9.97 Å². The van der Waals surface area contributed by atoms with Gasteiger partial charge in [-0.3, -0.25) is 4.79 Å². The Morgan fingerprint density at radius 3 is 2.89 bits per heavy atom. The van der Waals surface area contributed by atoms with Crippen LogP contribution in [0.2, 0.25) is 5.02 Å². The topological polar surface area (TPSA) is 69.5 Å². The van der Waals surface area contributed by atoms with Crippen LogP contribution in [0.3, 0.4) is 0 Å². The van der Waals surface area contributed by atoms with Gasteiger partial charge in [-0.1, -0.05) is 23.7 Å². The molecule has 1 aromatic carbocycles. The number of aromatic amines is 1. The van der Waals surface area contributed by atoms with Crippen molar-refractivity contribution >= 4 is 23.4 Å². The largest absolute Gasteiger partial charge is 0.309 e. The van der Waals surface area contributed by atoms with Gasteiger partial charge in [0.1, 0.15) is 17.5 Å². The first kappa shape index (κ1) is 12.7. The second-order valence-electron chi connectivity index (χ2n) is 3.40. The van der Waals surface area contributed by atoms with E-state index >= 15 is 0 Å². The Kier molecular flexibility index (Phi) is 4.03. The van der Waals surface area contributed by atoms with Crippen LogP contribution in [0.25, 0.3) is 0 Å². The van der Waals surface area contributed by atoms with Crippen molar-refractivity contribution in [1.29, 1.82) is 5.26 Å². The molecular formula is C12H8ClN3OS. The quantitative estimate of drug-likeness (QED) is 0.876. The molecule has 1 aromatic heterocycles. The highest BCUT2D eigenvalue weighted by Crippen LogP contribution is 2.28. The minimum Gasteiger partial charge on any atom is -0.309 e. The SMILES string of the molecule is N#Cc1cnc(CSc2ccccc2Cl)[nH]c1=O. The summed E-state index contributed by atoms with van der Waals surface area (Å²) in [6.45, 7) is 0. The van der Waals surface area contributed by atoms with E-state index < -0.39 is 5.56 Å². The minimum absolute atomic E-state index is 0.0153. The summed E-state index contributed by atoms with van der Waals surface area (Å²) in [7, 11) is 0. The van der Waals surface area contributed by atoms with Crippen molar-refractivity contribution in [2.45, 2.75) is 10.6 Å². The number of nitrogens with one attached hydrogen (secondary N) is 1. The van der Waals surface area contributed by atoms with Gasteiger partial charge in [0.2, 0.25) is 0 Å². The molecule has 0 amide bonds. The van der Waals surface area contributed by atoms with Gasteiger partial charge in [-0.05, 0) is 12.1 Å². The molecule has 0 saturated heterocycles. The van der Waals surface area contributed by atoms with Crippen LogP contribution in [-0.4, -0.2) is 9.97 Å². The molecule has 2 rings (SSSR count). The molecule has 0 unspecified atom stereocenters. The van der Waals surface area contributed by atoms with E-state index in [-0.39, 0.29) is 5.56 Å². The molecule has 4 nitrogen and oxygen atoms in total. The van der Waals surface area contributed by atoms with E-state index in [4.69, 9.17) is 16.9 Å². The number of nitrogens with zero attached hydrogens (tertiary/aromatic N) is 2. The highest BCUT2D eigenvalue weighted by atomic mass is 35.5. The number of rotatable bonds is 3. The van der Waals surface area contributed by atoms with Crippen molar-refractivity contribution in [3.05, 3.63) is 57.2 Å². The number of H-pyrrole nitrogens is 1. The van der Waals surface area contributed by atoms with Crippen molar-refractivity contribution in [3.63, 3.8) is 0 Å². The molecule has 1 heterocycles. The number of benzene rings is 1. The normalized spacial score (nSPS) is 10.0. The van der Waals surface area contributed by atoms with Crippen LogP contribution in [0.1, 0.15) is 11.4 Å². The van der Waals surface area contributed by atoms with Crippen molar-refractivity contribution < 1.29 is 0 Å². The number of hydrogen-bond donors (Lipinski definition) is 1. The highest BCUT2D eigenvalue weighted by molar-refractivity contribution is 7.98. The third-order valence-electron chi connectivity index (χ3n) is 2.17.